The normalized spacial score (nSPS) is 8.33. The zero-order valence-corrected chi connectivity index (χ0v) is 2.74. The number of rotatable bonds is 2. The molecule has 1 N–H and O–H groups in total. The summed E-state index contributed by atoms with van der Waals surface area (Å²) >= 11 is 0. The standard InChI is InChI=1S/CH2N2O3/c4-1(2-5)3-6/h1,4H. The molecule has 0 saturated heterocycles. The fraction of sp³-hybridized carbons (Fsp3) is 1.00. The molecule has 0 aliphatic heterocycles. The van der Waals surface area contributed by atoms with Crippen LogP contribution in [0.2, 0.25) is 0 Å². The Balaban J connectivity index is 3.21. The first-order chi connectivity index (χ1) is 2.81. The van der Waals surface area contributed by atoms with Crippen molar-refractivity contribution < 1.29 is 5.11 Å². The highest BCUT2D eigenvalue weighted by Crippen LogP contribution is 1.79. The molecule has 0 aromatic heterocycles. The van der Waals surface area contributed by atoms with E-state index in [2.05, 4.69) is 0 Å². The minimum atomic E-state index is -1.93. The first-order valence-electron chi connectivity index (χ1n) is 1.14. The van der Waals surface area contributed by atoms with Crippen molar-refractivity contribution in [2.75, 3.05) is 0 Å². The molecule has 0 aliphatic rings. The van der Waals surface area contributed by atoms with Crippen molar-refractivity contribution in [3.63, 3.8) is 0 Å². The van der Waals surface area contributed by atoms with Gasteiger partial charge in [-0.25, -0.2) is 0 Å². The summed E-state index contributed by atoms with van der Waals surface area (Å²) in [7, 11) is 0. The van der Waals surface area contributed by atoms with Gasteiger partial charge in [-0.2, -0.15) is 0 Å². The van der Waals surface area contributed by atoms with Crippen molar-refractivity contribution in [2.24, 2.45) is 10.4 Å². The minimum Gasteiger partial charge on any atom is -0.349 e. The van der Waals surface area contributed by atoms with Gasteiger partial charge in [0.05, 0.1) is 0 Å². The Bertz CT molecular complexity index is 53.8. The molecule has 0 aromatic rings. The first kappa shape index (κ1) is 5.16. The summed E-state index contributed by atoms with van der Waals surface area (Å²) in [6, 6.07) is 0. The molecule has 0 aliphatic carbocycles. The molecule has 0 spiro atoms. The third-order valence-electron chi connectivity index (χ3n) is 0.189. The van der Waals surface area contributed by atoms with E-state index in [0.29, 0.717) is 0 Å². The molecule has 0 aromatic carbocycles. The van der Waals surface area contributed by atoms with Crippen LogP contribution in [0.4, 0.5) is 0 Å². The number of aliphatic hydroxyl groups is 1. The highest BCUT2D eigenvalue weighted by molar-refractivity contribution is 4.38. The molecule has 0 atom stereocenters. The summed E-state index contributed by atoms with van der Waals surface area (Å²) in [5.41, 5.74) is 0. The molecule has 0 fully saturated rings. The number of nitrogens with zero attached hydrogens (tertiary/aromatic N) is 2. The Labute approximate surface area is 32.9 Å². The Morgan fingerprint density at radius 2 is 1.67 bits per heavy atom. The zero-order valence-electron chi connectivity index (χ0n) is 2.74. The molecule has 0 unspecified atom stereocenters. The van der Waals surface area contributed by atoms with Crippen LogP contribution >= 0.6 is 0 Å². The summed E-state index contributed by atoms with van der Waals surface area (Å²) in [5.74, 6) is 0. The molecule has 5 heteroatoms. The molecule has 0 saturated carbocycles. The number of hydrogen-bond acceptors (Lipinski definition) is 5. The van der Waals surface area contributed by atoms with Gasteiger partial charge in [-0.3, -0.25) is 0 Å². The van der Waals surface area contributed by atoms with E-state index in [1.54, 1.807) is 0 Å². The van der Waals surface area contributed by atoms with Crippen LogP contribution in [0, 0.1) is 9.81 Å². The van der Waals surface area contributed by atoms with Crippen LogP contribution in [0.1, 0.15) is 0 Å². The summed E-state index contributed by atoms with van der Waals surface area (Å²) < 4.78 is 0. The van der Waals surface area contributed by atoms with Gasteiger partial charge in [0.1, 0.15) is 0 Å². The van der Waals surface area contributed by atoms with Crippen LogP contribution in [0.5, 0.6) is 0 Å². The fourth-order valence-electron chi connectivity index (χ4n) is 0.0192. The second-order valence-corrected chi connectivity index (χ2v) is 0.557. The van der Waals surface area contributed by atoms with E-state index < -0.39 is 6.35 Å². The van der Waals surface area contributed by atoms with E-state index in [0.717, 1.165) is 0 Å². The average molecular weight is 90.0 g/mol. The summed E-state index contributed by atoms with van der Waals surface area (Å²) in [6.07, 6.45) is -1.93. The first-order valence-corrected chi connectivity index (χ1v) is 1.14. The van der Waals surface area contributed by atoms with E-state index >= 15 is 0 Å². The van der Waals surface area contributed by atoms with Gasteiger partial charge in [0.2, 0.25) is 0 Å². The lowest BCUT2D eigenvalue weighted by molar-refractivity contribution is 0.191. The van der Waals surface area contributed by atoms with E-state index in [-0.39, 0.29) is 0 Å². The van der Waals surface area contributed by atoms with Crippen LogP contribution < -0.4 is 0 Å². The second kappa shape index (κ2) is 2.40. The Kier molecular flexibility index (Phi) is 2.06. The lowest BCUT2D eigenvalue weighted by atomic mass is 11.1. The molecule has 0 amide bonds. The molecule has 0 rings (SSSR count). The van der Waals surface area contributed by atoms with Crippen molar-refractivity contribution in [3.8, 4) is 0 Å². The number of aliphatic hydroxyl groups excluding tert-OH is 1. The van der Waals surface area contributed by atoms with E-state index in [4.69, 9.17) is 14.9 Å². The summed E-state index contributed by atoms with van der Waals surface area (Å²) in [5, 5.41) is 11.4. The van der Waals surface area contributed by atoms with E-state index in [1.165, 1.54) is 0 Å². The largest absolute Gasteiger partial charge is 0.349 e. The maximum absolute atomic E-state index is 8.94. The third kappa shape index (κ3) is 1.48. The molecule has 34 valence electrons. The predicted octanol–water partition coefficient (Wildman–Crippen LogP) is -0.205. The average Bonchev–Trinajstić information content (AvgIpc) is 1.65. The third-order valence-corrected chi connectivity index (χ3v) is 0.189. The lowest BCUT2D eigenvalue weighted by Gasteiger charge is -1.76. The van der Waals surface area contributed by atoms with E-state index in [1.807, 2.05) is 10.4 Å². The highest BCUT2D eigenvalue weighted by atomic mass is 16.4. The number of nitroso groups, excluding NO2 is 2. The monoisotopic (exact) mass is 90.0 g/mol. The summed E-state index contributed by atoms with van der Waals surface area (Å²) in [4.78, 5) is 17.9. The number of hydrogen-bond donors (Lipinski definition) is 1. The van der Waals surface area contributed by atoms with Crippen molar-refractivity contribution in [2.45, 2.75) is 6.35 Å². The molecule has 6 heavy (non-hydrogen) atoms. The maximum Gasteiger partial charge on any atom is 0.321 e. The molecule has 0 heterocycles. The SMILES string of the molecule is O=NC(O)N=O. The fourth-order valence-corrected chi connectivity index (χ4v) is 0.0192. The zero-order chi connectivity index (χ0) is 4.99. The van der Waals surface area contributed by atoms with Gasteiger partial charge in [0.15, 0.2) is 0 Å². The molecule has 5 nitrogen and oxygen atoms in total. The highest BCUT2D eigenvalue weighted by Gasteiger charge is 1.94. The maximum atomic E-state index is 8.94. The van der Waals surface area contributed by atoms with Gasteiger partial charge in [-0.1, -0.05) is 0 Å². The van der Waals surface area contributed by atoms with Crippen molar-refractivity contribution in [1.29, 1.82) is 0 Å². The van der Waals surface area contributed by atoms with Gasteiger partial charge in [0, 0.05) is 0 Å². The van der Waals surface area contributed by atoms with Crippen LogP contribution in [-0.4, -0.2) is 11.5 Å². The van der Waals surface area contributed by atoms with Gasteiger partial charge < -0.3 is 5.11 Å². The van der Waals surface area contributed by atoms with E-state index in [9.17, 15) is 0 Å². The Hall–Kier alpha value is -0.840. The van der Waals surface area contributed by atoms with Crippen LogP contribution in [0.3, 0.4) is 0 Å². The molecular weight excluding hydrogens is 88.0 g/mol. The predicted molar refractivity (Wildman–Crippen MR) is 17.6 cm³/mol. The van der Waals surface area contributed by atoms with Gasteiger partial charge in [-0.05, 0) is 10.4 Å². The minimum absolute atomic E-state index is 1.83. The van der Waals surface area contributed by atoms with Crippen molar-refractivity contribution >= 4 is 0 Å². The van der Waals surface area contributed by atoms with Crippen molar-refractivity contribution in [3.05, 3.63) is 9.81 Å². The smallest absolute Gasteiger partial charge is 0.321 e. The van der Waals surface area contributed by atoms with Gasteiger partial charge in [-0.15, -0.1) is 9.81 Å². The Morgan fingerprint density at radius 3 is 1.67 bits per heavy atom. The lowest BCUT2D eigenvalue weighted by Crippen LogP contribution is -1.91. The van der Waals surface area contributed by atoms with Gasteiger partial charge in [0.25, 0.3) is 0 Å². The van der Waals surface area contributed by atoms with Gasteiger partial charge >= 0.3 is 6.35 Å². The molecule has 0 radical (unpaired) electrons. The topological polar surface area (TPSA) is 79.1 Å². The Morgan fingerprint density at radius 1 is 1.33 bits per heavy atom. The molecular formula is CH2N2O3. The quantitative estimate of drug-likeness (QED) is 0.476. The van der Waals surface area contributed by atoms with Crippen LogP contribution in [0.15, 0.2) is 10.4 Å². The van der Waals surface area contributed by atoms with Crippen molar-refractivity contribution in [1.82, 2.24) is 0 Å². The second-order valence-electron chi connectivity index (χ2n) is 0.557. The summed E-state index contributed by atoms with van der Waals surface area (Å²) in [6.45, 7) is 0. The molecule has 0 bridgehead atoms. The van der Waals surface area contributed by atoms with Crippen LogP contribution in [0.25, 0.3) is 0 Å². The van der Waals surface area contributed by atoms with Crippen LogP contribution in [-0.2, 0) is 0 Å².